The zero-order valence-electron chi connectivity index (χ0n) is 19.4. The van der Waals surface area contributed by atoms with Gasteiger partial charge < -0.3 is 19.9 Å². The molecule has 3 aromatic rings. The second-order valence-electron chi connectivity index (χ2n) is 8.17. The Labute approximate surface area is 205 Å². The van der Waals surface area contributed by atoms with Gasteiger partial charge in [-0.25, -0.2) is 0 Å². The van der Waals surface area contributed by atoms with Crippen molar-refractivity contribution in [3.05, 3.63) is 88.4 Å². The predicted octanol–water partition coefficient (Wildman–Crippen LogP) is 5.26. The normalized spacial score (nSPS) is 13.5. The largest absolute Gasteiger partial charge is 0.492 e. The quantitative estimate of drug-likeness (QED) is 0.526. The number of nitrogens with zero attached hydrogens (tertiary/aromatic N) is 2. The van der Waals surface area contributed by atoms with Crippen LogP contribution in [0.4, 0.5) is 11.4 Å². The summed E-state index contributed by atoms with van der Waals surface area (Å²) in [4.78, 5) is 29.6. The van der Waals surface area contributed by atoms with Crippen LogP contribution in [0, 0.1) is 6.92 Å². The van der Waals surface area contributed by atoms with E-state index in [9.17, 15) is 9.59 Å². The molecular formula is C27H28ClN3O3. The molecule has 0 atom stereocenters. The highest BCUT2D eigenvalue weighted by Crippen LogP contribution is 2.26. The molecule has 34 heavy (non-hydrogen) atoms. The Hall–Kier alpha value is -3.51. The lowest BCUT2D eigenvalue weighted by Crippen LogP contribution is -2.48. The number of carbonyl (C=O) groups is 2. The Morgan fingerprint density at radius 2 is 1.68 bits per heavy atom. The Morgan fingerprint density at radius 3 is 2.32 bits per heavy atom. The molecule has 1 N–H and O–H groups in total. The zero-order chi connectivity index (χ0) is 24.1. The van der Waals surface area contributed by atoms with Crippen molar-refractivity contribution < 1.29 is 14.3 Å². The minimum atomic E-state index is -0.235. The number of ether oxygens (including phenoxy) is 1. The van der Waals surface area contributed by atoms with E-state index in [-0.39, 0.29) is 11.8 Å². The molecule has 1 aliphatic rings. The molecule has 1 aliphatic heterocycles. The van der Waals surface area contributed by atoms with Crippen molar-refractivity contribution in [1.82, 2.24) is 4.90 Å². The maximum Gasteiger partial charge on any atom is 0.255 e. The summed E-state index contributed by atoms with van der Waals surface area (Å²) in [5.74, 6) is 0.414. The minimum Gasteiger partial charge on any atom is -0.492 e. The molecule has 1 fully saturated rings. The third-order valence-electron chi connectivity index (χ3n) is 5.93. The van der Waals surface area contributed by atoms with Crippen molar-refractivity contribution >= 4 is 34.8 Å². The van der Waals surface area contributed by atoms with Gasteiger partial charge in [-0.05, 0) is 67.9 Å². The number of rotatable bonds is 6. The number of nitrogens with one attached hydrogen (secondary N) is 1. The number of benzene rings is 3. The number of amides is 2. The van der Waals surface area contributed by atoms with E-state index in [1.165, 1.54) is 0 Å². The van der Waals surface area contributed by atoms with Gasteiger partial charge in [-0.3, -0.25) is 9.59 Å². The zero-order valence-corrected chi connectivity index (χ0v) is 20.1. The molecule has 0 spiro atoms. The van der Waals surface area contributed by atoms with Gasteiger partial charge in [0, 0.05) is 48.7 Å². The van der Waals surface area contributed by atoms with Crippen LogP contribution in [0.1, 0.15) is 33.2 Å². The van der Waals surface area contributed by atoms with Crippen LogP contribution in [-0.4, -0.2) is 49.5 Å². The molecule has 1 saturated heterocycles. The SMILES string of the molecule is CCOc1ccc(C(=O)Nc2ccc(N3CCN(C(=O)c4ccccc4C)CC3)cc2)cc1Cl. The first-order chi connectivity index (χ1) is 16.5. The van der Waals surface area contributed by atoms with Gasteiger partial charge in [0.25, 0.3) is 11.8 Å². The number of carbonyl (C=O) groups excluding carboxylic acids is 2. The molecule has 2 amide bonds. The maximum atomic E-state index is 12.9. The summed E-state index contributed by atoms with van der Waals surface area (Å²) in [6.45, 7) is 7.21. The lowest BCUT2D eigenvalue weighted by atomic mass is 10.1. The molecule has 0 bridgehead atoms. The fourth-order valence-electron chi connectivity index (χ4n) is 4.02. The number of hydrogen-bond acceptors (Lipinski definition) is 4. The Morgan fingerprint density at radius 1 is 0.971 bits per heavy atom. The first kappa shape index (κ1) is 23.6. The highest BCUT2D eigenvalue weighted by atomic mass is 35.5. The second-order valence-corrected chi connectivity index (χ2v) is 8.58. The van der Waals surface area contributed by atoms with Gasteiger partial charge in [-0.15, -0.1) is 0 Å². The van der Waals surface area contributed by atoms with Gasteiger partial charge >= 0.3 is 0 Å². The highest BCUT2D eigenvalue weighted by molar-refractivity contribution is 6.32. The molecule has 3 aromatic carbocycles. The van der Waals surface area contributed by atoms with Crippen LogP contribution in [0.2, 0.25) is 5.02 Å². The summed E-state index contributed by atoms with van der Waals surface area (Å²) in [6.07, 6.45) is 0. The summed E-state index contributed by atoms with van der Waals surface area (Å²) in [7, 11) is 0. The summed E-state index contributed by atoms with van der Waals surface area (Å²) < 4.78 is 5.42. The third-order valence-corrected chi connectivity index (χ3v) is 6.22. The van der Waals surface area contributed by atoms with Crippen molar-refractivity contribution in [2.24, 2.45) is 0 Å². The third kappa shape index (κ3) is 5.34. The Kier molecular flexibility index (Phi) is 7.38. The summed E-state index contributed by atoms with van der Waals surface area (Å²) in [6, 6.07) is 20.4. The molecule has 1 heterocycles. The molecule has 6 nitrogen and oxygen atoms in total. The van der Waals surface area contributed by atoms with Crippen LogP contribution >= 0.6 is 11.6 Å². The number of halogens is 1. The maximum absolute atomic E-state index is 12.9. The van der Waals surface area contributed by atoms with Gasteiger partial charge in [0.15, 0.2) is 0 Å². The number of aryl methyl sites for hydroxylation is 1. The van der Waals surface area contributed by atoms with E-state index >= 15 is 0 Å². The van der Waals surface area contributed by atoms with Gasteiger partial charge in [0.1, 0.15) is 5.75 Å². The predicted molar refractivity (Wildman–Crippen MR) is 136 cm³/mol. The van der Waals surface area contributed by atoms with E-state index < -0.39 is 0 Å². The van der Waals surface area contributed by atoms with E-state index in [4.69, 9.17) is 16.3 Å². The lowest BCUT2D eigenvalue weighted by Gasteiger charge is -2.36. The first-order valence-corrected chi connectivity index (χ1v) is 11.8. The molecule has 7 heteroatoms. The topological polar surface area (TPSA) is 61.9 Å². The highest BCUT2D eigenvalue weighted by Gasteiger charge is 2.23. The molecule has 0 saturated carbocycles. The van der Waals surface area contributed by atoms with Crippen molar-refractivity contribution in [2.75, 3.05) is 43.0 Å². The Bertz CT molecular complexity index is 1170. The average molecular weight is 478 g/mol. The van der Waals surface area contributed by atoms with Gasteiger partial charge in [0.2, 0.25) is 0 Å². The van der Waals surface area contributed by atoms with Crippen LogP contribution in [-0.2, 0) is 0 Å². The lowest BCUT2D eigenvalue weighted by molar-refractivity contribution is 0.0746. The Balaban J connectivity index is 1.33. The molecule has 0 unspecified atom stereocenters. The first-order valence-electron chi connectivity index (χ1n) is 11.4. The number of anilines is 2. The second kappa shape index (κ2) is 10.6. The molecular weight excluding hydrogens is 450 g/mol. The van der Waals surface area contributed by atoms with Crippen molar-refractivity contribution in [2.45, 2.75) is 13.8 Å². The van der Waals surface area contributed by atoms with Crippen molar-refractivity contribution in [1.29, 1.82) is 0 Å². The van der Waals surface area contributed by atoms with Crippen LogP contribution < -0.4 is 15.0 Å². The van der Waals surface area contributed by atoms with Gasteiger partial charge in [0.05, 0.1) is 11.6 Å². The summed E-state index contributed by atoms with van der Waals surface area (Å²) in [5.41, 5.74) is 3.99. The monoisotopic (exact) mass is 477 g/mol. The van der Waals surface area contributed by atoms with Crippen molar-refractivity contribution in [3.8, 4) is 5.75 Å². The van der Waals surface area contributed by atoms with Crippen LogP contribution in [0.3, 0.4) is 0 Å². The molecule has 0 aromatic heterocycles. The van der Waals surface area contributed by atoms with E-state index in [0.29, 0.717) is 41.7 Å². The summed E-state index contributed by atoms with van der Waals surface area (Å²) in [5, 5.41) is 3.31. The molecule has 0 aliphatic carbocycles. The van der Waals surface area contributed by atoms with Crippen LogP contribution in [0.25, 0.3) is 0 Å². The van der Waals surface area contributed by atoms with E-state index in [2.05, 4.69) is 10.2 Å². The average Bonchev–Trinajstić information content (AvgIpc) is 2.86. The minimum absolute atomic E-state index is 0.0882. The smallest absolute Gasteiger partial charge is 0.255 e. The van der Waals surface area contributed by atoms with E-state index in [1.54, 1.807) is 18.2 Å². The van der Waals surface area contributed by atoms with E-state index in [1.807, 2.05) is 67.3 Å². The fraction of sp³-hybridized carbons (Fsp3) is 0.259. The molecule has 0 radical (unpaired) electrons. The van der Waals surface area contributed by atoms with Crippen molar-refractivity contribution in [3.63, 3.8) is 0 Å². The van der Waals surface area contributed by atoms with Gasteiger partial charge in [-0.1, -0.05) is 29.8 Å². The molecule has 4 rings (SSSR count). The number of piperazine rings is 1. The van der Waals surface area contributed by atoms with Crippen LogP contribution in [0.15, 0.2) is 66.7 Å². The van der Waals surface area contributed by atoms with E-state index in [0.717, 1.165) is 29.9 Å². The number of hydrogen-bond donors (Lipinski definition) is 1. The fourth-order valence-corrected chi connectivity index (χ4v) is 4.26. The van der Waals surface area contributed by atoms with Crippen LogP contribution in [0.5, 0.6) is 5.75 Å². The molecule has 176 valence electrons. The van der Waals surface area contributed by atoms with Gasteiger partial charge in [-0.2, -0.15) is 0 Å². The standard InChI is InChI=1S/C27H28ClN3O3/c1-3-34-25-13-8-20(18-24(25)28)26(32)29-21-9-11-22(12-10-21)30-14-16-31(17-15-30)27(33)23-7-5-4-6-19(23)2/h4-13,18H,3,14-17H2,1-2H3,(H,29,32). The summed E-state index contributed by atoms with van der Waals surface area (Å²) >= 11 is 6.20.